The summed E-state index contributed by atoms with van der Waals surface area (Å²) in [4.78, 5) is 32.0. The Morgan fingerprint density at radius 3 is 2.84 bits per heavy atom. The molecule has 1 fully saturated rings. The van der Waals surface area contributed by atoms with Crippen molar-refractivity contribution in [2.45, 2.75) is 58.5 Å². The van der Waals surface area contributed by atoms with E-state index in [4.69, 9.17) is 0 Å². The Hall–Kier alpha value is -2.37. The van der Waals surface area contributed by atoms with Gasteiger partial charge in [-0.3, -0.25) is 14.0 Å². The summed E-state index contributed by atoms with van der Waals surface area (Å²) in [5, 5.41) is 2.86. The van der Waals surface area contributed by atoms with E-state index in [1.807, 2.05) is 36.9 Å². The van der Waals surface area contributed by atoms with Crippen molar-refractivity contribution in [1.29, 1.82) is 0 Å². The van der Waals surface area contributed by atoms with Crippen molar-refractivity contribution >= 4 is 17.3 Å². The molecule has 0 spiro atoms. The van der Waals surface area contributed by atoms with Crippen molar-refractivity contribution in [3.8, 4) is 0 Å². The van der Waals surface area contributed by atoms with Crippen molar-refractivity contribution in [3.63, 3.8) is 0 Å². The van der Waals surface area contributed by atoms with Crippen molar-refractivity contribution in [3.05, 3.63) is 35.9 Å². The van der Waals surface area contributed by atoms with Crippen LogP contribution in [-0.4, -0.2) is 44.7 Å². The minimum atomic E-state index is -0.247. The first-order chi connectivity index (χ1) is 12.0. The predicted molar refractivity (Wildman–Crippen MR) is 96.8 cm³/mol. The van der Waals surface area contributed by atoms with Crippen LogP contribution in [0, 0.1) is 0 Å². The van der Waals surface area contributed by atoms with E-state index in [0.717, 1.165) is 32.2 Å². The maximum absolute atomic E-state index is 13.2. The number of hydrogen-bond acceptors (Lipinski definition) is 3. The van der Waals surface area contributed by atoms with E-state index in [1.165, 1.54) is 0 Å². The topological polar surface area (TPSA) is 66.7 Å². The molecule has 1 N–H and O–H groups in total. The number of pyridine rings is 1. The van der Waals surface area contributed by atoms with E-state index in [1.54, 1.807) is 10.6 Å². The lowest BCUT2D eigenvalue weighted by molar-refractivity contribution is 0.0594. The first-order valence-electron chi connectivity index (χ1n) is 9.11. The van der Waals surface area contributed by atoms with E-state index >= 15 is 0 Å². The highest BCUT2D eigenvalue weighted by Gasteiger charge is 2.30. The van der Waals surface area contributed by atoms with Crippen LogP contribution < -0.4 is 5.32 Å². The molecule has 2 amide bonds. The number of aromatic nitrogens is 2. The summed E-state index contributed by atoms with van der Waals surface area (Å²) in [6.45, 7) is 6.68. The van der Waals surface area contributed by atoms with Gasteiger partial charge in [0, 0.05) is 24.8 Å². The molecule has 1 unspecified atom stereocenters. The Kier molecular flexibility index (Phi) is 5.06. The van der Waals surface area contributed by atoms with E-state index in [9.17, 15) is 9.59 Å². The fourth-order valence-corrected chi connectivity index (χ4v) is 3.51. The summed E-state index contributed by atoms with van der Waals surface area (Å²) >= 11 is 0. The Morgan fingerprint density at radius 2 is 2.12 bits per heavy atom. The Labute approximate surface area is 148 Å². The van der Waals surface area contributed by atoms with Crippen LogP contribution in [0.15, 0.2) is 24.4 Å². The molecule has 6 nitrogen and oxygen atoms in total. The van der Waals surface area contributed by atoms with Gasteiger partial charge in [-0.1, -0.05) is 13.0 Å². The van der Waals surface area contributed by atoms with Gasteiger partial charge >= 0.3 is 0 Å². The number of nitrogens with one attached hydrogen (secondary N) is 1. The second-order valence-corrected chi connectivity index (χ2v) is 6.92. The van der Waals surface area contributed by atoms with Crippen LogP contribution in [-0.2, 0) is 0 Å². The van der Waals surface area contributed by atoms with Gasteiger partial charge in [-0.05, 0) is 51.7 Å². The summed E-state index contributed by atoms with van der Waals surface area (Å²) in [7, 11) is 0. The molecule has 0 radical (unpaired) electrons. The molecule has 0 saturated carbocycles. The largest absolute Gasteiger partial charge is 0.348 e. The number of carbonyl (C=O) groups is 2. The molecule has 0 aromatic carbocycles. The first-order valence-corrected chi connectivity index (χ1v) is 9.11. The third kappa shape index (κ3) is 3.38. The van der Waals surface area contributed by atoms with Crippen molar-refractivity contribution in [2.24, 2.45) is 0 Å². The molecule has 1 atom stereocenters. The highest BCUT2D eigenvalue weighted by atomic mass is 16.2. The van der Waals surface area contributed by atoms with Gasteiger partial charge < -0.3 is 10.2 Å². The predicted octanol–water partition coefficient (Wildman–Crippen LogP) is 2.88. The quantitative estimate of drug-likeness (QED) is 0.929. The van der Waals surface area contributed by atoms with Crippen LogP contribution in [0.1, 0.15) is 67.6 Å². The van der Waals surface area contributed by atoms with Crippen molar-refractivity contribution < 1.29 is 9.59 Å². The van der Waals surface area contributed by atoms with Gasteiger partial charge in [0.2, 0.25) is 5.82 Å². The SMILES string of the molecule is CCC1CCCCN1C(=O)c1nc(C(=O)NC(C)C)c2ccccn12. The standard InChI is InChI=1S/C19H26N4O2/c1-4-14-9-5-7-11-22(14)19(25)17-21-16(18(24)20-13(2)3)15-10-6-8-12-23(15)17/h6,8,10,12-14H,4-5,7,9,11H2,1-3H3,(H,20,24). The molecule has 2 aromatic heterocycles. The fourth-order valence-electron chi connectivity index (χ4n) is 3.51. The average molecular weight is 342 g/mol. The zero-order chi connectivity index (χ0) is 18.0. The fraction of sp³-hybridized carbons (Fsp3) is 0.526. The van der Waals surface area contributed by atoms with E-state index in [-0.39, 0.29) is 23.9 Å². The normalized spacial score (nSPS) is 17.9. The molecule has 0 bridgehead atoms. The van der Waals surface area contributed by atoms with Crippen LogP contribution in [0.25, 0.3) is 5.52 Å². The van der Waals surface area contributed by atoms with Gasteiger partial charge in [0.25, 0.3) is 11.8 Å². The summed E-state index contributed by atoms with van der Waals surface area (Å²) < 4.78 is 1.74. The summed E-state index contributed by atoms with van der Waals surface area (Å²) in [5.41, 5.74) is 0.969. The number of fused-ring (bicyclic) bond motifs is 1. The zero-order valence-corrected chi connectivity index (χ0v) is 15.2. The molecule has 3 heterocycles. The highest BCUT2D eigenvalue weighted by Crippen LogP contribution is 2.23. The number of nitrogens with zero attached hydrogens (tertiary/aromatic N) is 3. The lowest BCUT2D eigenvalue weighted by atomic mass is 10.00. The van der Waals surface area contributed by atoms with Crippen LogP contribution in [0.2, 0.25) is 0 Å². The maximum atomic E-state index is 13.2. The van der Waals surface area contributed by atoms with Crippen molar-refractivity contribution in [1.82, 2.24) is 19.6 Å². The van der Waals surface area contributed by atoms with Crippen LogP contribution in [0.3, 0.4) is 0 Å². The minimum Gasteiger partial charge on any atom is -0.348 e. The lowest BCUT2D eigenvalue weighted by Crippen LogP contribution is -2.44. The van der Waals surface area contributed by atoms with Gasteiger partial charge in [-0.2, -0.15) is 0 Å². The Morgan fingerprint density at radius 1 is 1.32 bits per heavy atom. The second-order valence-electron chi connectivity index (χ2n) is 6.92. The molecular weight excluding hydrogens is 316 g/mol. The number of amides is 2. The molecule has 1 aliphatic heterocycles. The first kappa shape index (κ1) is 17.5. The Balaban J connectivity index is 2.01. The highest BCUT2D eigenvalue weighted by molar-refractivity contribution is 6.02. The molecule has 0 aliphatic carbocycles. The average Bonchev–Trinajstić information content (AvgIpc) is 3.00. The molecule has 134 valence electrons. The number of piperidine rings is 1. The molecule has 25 heavy (non-hydrogen) atoms. The number of imidazole rings is 1. The minimum absolute atomic E-state index is 0.0127. The number of likely N-dealkylation sites (tertiary alicyclic amines) is 1. The Bertz CT molecular complexity index is 781. The monoisotopic (exact) mass is 342 g/mol. The van der Waals surface area contributed by atoms with Gasteiger partial charge in [-0.15, -0.1) is 0 Å². The second kappa shape index (κ2) is 7.25. The van der Waals surface area contributed by atoms with Crippen LogP contribution in [0.5, 0.6) is 0 Å². The van der Waals surface area contributed by atoms with Crippen molar-refractivity contribution in [2.75, 3.05) is 6.54 Å². The van der Waals surface area contributed by atoms with Crippen LogP contribution >= 0.6 is 0 Å². The van der Waals surface area contributed by atoms with E-state index in [0.29, 0.717) is 17.0 Å². The van der Waals surface area contributed by atoms with Gasteiger partial charge in [-0.25, -0.2) is 4.98 Å². The molecule has 6 heteroatoms. The summed E-state index contributed by atoms with van der Waals surface area (Å²) in [6.07, 6.45) is 5.95. The maximum Gasteiger partial charge on any atom is 0.290 e. The van der Waals surface area contributed by atoms with Crippen LogP contribution in [0.4, 0.5) is 0 Å². The third-order valence-corrected chi connectivity index (χ3v) is 4.73. The molecular formula is C19H26N4O2. The summed E-state index contributed by atoms with van der Waals surface area (Å²) in [6, 6.07) is 5.80. The van der Waals surface area contributed by atoms with Gasteiger partial charge in [0.15, 0.2) is 5.69 Å². The van der Waals surface area contributed by atoms with E-state index < -0.39 is 0 Å². The molecule has 1 saturated heterocycles. The smallest absolute Gasteiger partial charge is 0.290 e. The van der Waals surface area contributed by atoms with E-state index in [2.05, 4.69) is 17.2 Å². The number of rotatable bonds is 4. The number of hydrogen-bond donors (Lipinski definition) is 1. The molecule has 1 aliphatic rings. The molecule has 3 rings (SSSR count). The lowest BCUT2D eigenvalue weighted by Gasteiger charge is -2.34. The van der Waals surface area contributed by atoms with Gasteiger partial charge in [0.1, 0.15) is 0 Å². The zero-order valence-electron chi connectivity index (χ0n) is 15.2. The third-order valence-electron chi connectivity index (χ3n) is 4.73. The number of carbonyl (C=O) groups excluding carboxylic acids is 2. The summed E-state index contributed by atoms with van der Waals surface area (Å²) in [5.74, 6) is -0.00959. The molecule has 2 aromatic rings. The van der Waals surface area contributed by atoms with Gasteiger partial charge in [0.05, 0.1) is 5.52 Å².